The minimum absolute atomic E-state index is 0.0273. The summed E-state index contributed by atoms with van der Waals surface area (Å²) in [6, 6.07) is 27.4. The Morgan fingerprint density at radius 3 is 2.37 bits per heavy atom. The second kappa shape index (κ2) is 11.4. The number of anilines is 1. The van der Waals surface area contributed by atoms with E-state index in [1.165, 1.54) is 17.7 Å². The van der Waals surface area contributed by atoms with Crippen molar-refractivity contribution in [1.29, 1.82) is 0 Å². The average molecular weight is 511 g/mol. The van der Waals surface area contributed by atoms with Gasteiger partial charge in [0.15, 0.2) is 0 Å². The predicted octanol–water partition coefficient (Wildman–Crippen LogP) is 6.05. The van der Waals surface area contributed by atoms with E-state index < -0.39 is 0 Å². The summed E-state index contributed by atoms with van der Waals surface area (Å²) in [6.07, 6.45) is 2.56. The van der Waals surface area contributed by atoms with Gasteiger partial charge in [-0.2, -0.15) is 5.10 Å². The van der Waals surface area contributed by atoms with Gasteiger partial charge in [-0.25, -0.2) is 9.07 Å². The summed E-state index contributed by atoms with van der Waals surface area (Å²) < 4.78 is 15.2. The van der Waals surface area contributed by atoms with Crippen molar-refractivity contribution >= 4 is 17.6 Å². The third-order valence-electron chi connectivity index (χ3n) is 6.88. The maximum Gasteiger partial charge on any atom is 0.245 e. The fourth-order valence-corrected chi connectivity index (χ4v) is 4.74. The molecule has 3 aromatic carbocycles. The van der Waals surface area contributed by atoms with Gasteiger partial charge in [-0.05, 0) is 48.6 Å². The fraction of sp³-hybridized carbons (Fsp3) is 0.258. The number of benzene rings is 3. The highest BCUT2D eigenvalue weighted by Crippen LogP contribution is 2.48. The van der Waals surface area contributed by atoms with Gasteiger partial charge in [-0.1, -0.05) is 74.0 Å². The van der Waals surface area contributed by atoms with Crippen LogP contribution in [0.4, 0.5) is 10.2 Å². The second-order valence-corrected chi connectivity index (χ2v) is 9.69. The van der Waals surface area contributed by atoms with E-state index in [2.05, 4.69) is 29.5 Å². The summed E-state index contributed by atoms with van der Waals surface area (Å²) in [6.45, 7) is 2.57. The van der Waals surface area contributed by atoms with Crippen molar-refractivity contribution in [3.8, 4) is 16.9 Å². The number of carbonyl (C=O) groups is 2. The Hall–Kier alpha value is -4.26. The normalized spacial score (nSPS) is 16.2. The maximum atomic E-state index is 13.6. The molecule has 194 valence electrons. The molecular formula is C31H31FN4O2. The molecule has 6 nitrogen and oxygen atoms in total. The average Bonchev–Trinajstić information content (AvgIpc) is 3.65. The summed E-state index contributed by atoms with van der Waals surface area (Å²) in [4.78, 5) is 28.3. The Kier molecular flexibility index (Phi) is 7.63. The molecule has 1 saturated carbocycles. The second-order valence-electron chi connectivity index (χ2n) is 9.69. The topological polar surface area (TPSA) is 67.2 Å². The molecule has 2 amide bonds. The molecule has 0 radical (unpaired) electrons. The summed E-state index contributed by atoms with van der Waals surface area (Å²) in [7, 11) is 0. The Bertz CT molecular complexity index is 1390. The number of aromatic nitrogens is 2. The zero-order chi connectivity index (χ0) is 26.5. The highest BCUT2D eigenvalue weighted by molar-refractivity contribution is 5.95. The lowest BCUT2D eigenvalue weighted by Crippen LogP contribution is -2.40. The molecule has 0 saturated heterocycles. The summed E-state index contributed by atoms with van der Waals surface area (Å²) >= 11 is 0. The molecule has 5 rings (SSSR count). The monoisotopic (exact) mass is 510 g/mol. The van der Waals surface area contributed by atoms with Gasteiger partial charge in [-0.15, -0.1) is 0 Å². The SMILES string of the molecule is CCCCN(CC(=O)Nc1cc(-c2ccccc2)nn1-c1ccc(F)cc1)C(=O)C1CC1c1ccccc1. The third kappa shape index (κ3) is 5.83. The van der Waals surface area contributed by atoms with Gasteiger partial charge in [-0.3, -0.25) is 9.59 Å². The van der Waals surface area contributed by atoms with Crippen LogP contribution in [-0.4, -0.2) is 39.6 Å². The van der Waals surface area contributed by atoms with Crippen molar-refractivity contribution in [3.63, 3.8) is 0 Å². The number of unbranched alkanes of at least 4 members (excludes halogenated alkanes) is 1. The number of carbonyl (C=O) groups excluding carboxylic acids is 2. The van der Waals surface area contributed by atoms with Gasteiger partial charge in [0.2, 0.25) is 11.8 Å². The number of halogens is 1. The van der Waals surface area contributed by atoms with E-state index in [4.69, 9.17) is 0 Å². The minimum atomic E-state index is -0.353. The maximum absolute atomic E-state index is 13.6. The van der Waals surface area contributed by atoms with Crippen LogP contribution in [0.2, 0.25) is 0 Å². The van der Waals surface area contributed by atoms with Crippen LogP contribution in [-0.2, 0) is 9.59 Å². The molecule has 0 spiro atoms. The van der Waals surface area contributed by atoms with Gasteiger partial charge >= 0.3 is 0 Å². The number of rotatable bonds is 10. The summed E-state index contributed by atoms with van der Waals surface area (Å²) in [5.74, 6) is -0.0416. The molecular weight excluding hydrogens is 479 g/mol. The largest absolute Gasteiger partial charge is 0.333 e. The number of amides is 2. The number of nitrogens with zero attached hydrogens (tertiary/aromatic N) is 3. The predicted molar refractivity (Wildman–Crippen MR) is 146 cm³/mol. The van der Waals surface area contributed by atoms with E-state index in [9.17, 15) is 14.0 Å². The summed E-state index contributed by atoms with van der Waals surface area (Å²) in [5, 5.41) is 7.63. The van der Waals surface area contributed by atoms with E-state index in [-0.39, 0.29) is 36.0 Å². The highest BCUT2D eigenvalue weighted by atomic mass is 19.1. The third-order valence-corrected chi connectivity index (χ3v) is 6.88. The van der Waals surface area contributed by atoms with Gasteiger partial charge in [0.05, 0.1) is 17.9 Å². The molecule has 0 aliphatic heterocycles. The Labute approximate surface area is 222 Å². The highest BCUT2D eigenvalue weighted by Gasteiger charge is 2.45. The van der Waals surface area contributed by atoms with Gasteiger partial charge < -0.3 is 10.2 Å². The van der Waals surface area contributed by atoms with Gasteiger partial charge in [0.25, 0.3) is 0 Å². The van der Waals surface area contributed by atoms with E-state index in [1.54, 1.807) is 27.8 Å². The summed E-state index contributed by atoms with van der Waals surface area (Å²) in [5.41, 5.74) is 3.35. The lowest BCUT2D eigenvalue weighted by Gasteiger charge is -2.22. The van der Waals surface area contributed by atoms with Crippen molar-refractivity contribution in [2.75, 3.05) is 18.4 Å². The van der Waals surface area contributed by atoms with Crippen LogP contribution in [0.3, 0.4) is 0 Å². The zero-order valence-electron chi connectivity index (χ0n) is 21.4. The molecule has 4 aromatic rings. The van der Waals surface area contributed by atoms with Crippen molar-refractivity contribution in [1.82, 2.24) is 14.7 Å². The Morgan fingerprint density at radius 2 is 1.68 bits per heavy atom. The molecule has 1 aliphatic carbocycles. The lowest BCUT2D eigenvalue weighted by atomic mass is 10.1. The van der Waals surface area contributed by atoms with Crippen LogP contribution in [0.25, 0.3) is 16.9 Å². The van der Waals surface area contributed by atoms with Crippen LogP contribution in [0, 0.1) is 11.7 Å². The first-order valence-corrected chi connectivity index (χ1v) is 13.1. The fourth-order valence-electron chi connectivity index (χ4n) is 4.74. The molecule has 7 heteroatoms. The van der Waals surface area contributed by atoms with E-state index in [1.807, 2.05) is 48.5 Å². The van der Waals surface area contributed by atoms with Crippen molar-refractivity contribution in [3.05, 3.63) is 102 Å². The lowest BCUT2D eigenvalue weighted by molar-refractivity contribution is -0.136. The molecule has 1 aliphatic rings. The Morgan fingerprint density at radius 1 is 1.00 bits per heavy atom. The number of nitrogens with one attached hydrogen (secondary N) is 1. The van der Waals surface area contributed by atoms with E-state index >= 15 is 0 Å². The molecule has 1 heterocycles. The first-order chi connectivity index (χ1) is 18.5. The van der Waals surface area contributed by atoms with Crippen LogP contribution >= 0.6 is 0 Å². The Balaban J connectivity index is 1.34. The van der Waals surface area contributed by atoms with Crippen LogP contribution in [0.1, 0.15) is 37.7 Å². The van der Waals surface area contributed by atoms with Gasteiger partial charge in [0.1, 0.15) is 11.6 Å². The number of hydrogen-bond acceptors (Lipinski definition) is 3. The van der Waals surface area contributed by atoms with Crippen molar-refractivity contribution in [2.45, 2.75) is 32.1 Å². The van der Waals surface area contributed by atoms with Crippen molar-refractivity contribution < 1.29 is 14.0 Å². The molecule has 38 heavy (non-hydrogen) atoms. The quantitative estimate of drug-likeness (QED) is 0.282. The van der Waals surface area contributed by atoms with E-state index in [0.29, 0.717) is 23.7 Å². The first-order valence-electron chi connectivity index (χ1n) is 13.1. The minimum Gasteiger partial charge on any atom is -0.333 e. The van der Waals surface area contributed by atoms with Crippen LogP contribution in [0.15, 0.2) is 91.0 Å². The van der Waals surface area contributed by atoms with Gasteiger partial charge in [0, 0.05) is 24.1 Å². The number of hydrogen-bond donors (Lipinski definition) is 1. The smallest absolute Gasteiger partial charge is 0.245 e. The molecule has 2 unspecified atom stereocenters. The molecule has 1 N–H and O–H groups in total. The molecule has 2 atom stereocenters. The van der Waals surface area contributed by atoms with E-state index in [0.717, 1.165) is 24.8 Å². The van der Waals surface area contributed by atoms with Crippen LogP contribution < -0.4 is 5.32 Å². The van der Waals surface area contributed by atoms with Crippen molar-refractivity contribution in [2.24, 2.45) is 5.92 Å². The standard InChI is InChI=1S/C31H31FN4O2/c1-2-3-18-35(31(38)27-19-26(27)22-10-6-4-7-11-22)21-30(37)33-29-20-28(23-12-8-5-9-13-23)34-36(29)25-16-14-24(32)15-17-25/h4-17,20,26-27H,2-3,18-19,21H2,1H3,(H,33,37). The van der Waals surface area contributed by atoms with Crippen LogP contribution in [0.5, 0.6) is 0 Å². The first kappa shape index (κ1) is 25.4. The molecule has 0 bridgehead atoms. The zero-order valence-corrected chi connectivity index (χ0v) is 21.4. The molecule has 1 aromatic heterocycles. The molecule has 1 fully saturated rings.